The maximum absolute atomic E-state index is 13.2. The Bertz CT molecular complexity index is 1000. The lowest BCUT2D eigenvalue weighted by atomic mass is 9.99. The van der Waals surface area contributed by atoms with Gasteiger partial charge in [-0.05, 0) is 44.2 Å². The van der Waals surface area contributed by atoms with Gasteiger partial charge in [0, 0.05) is 5.02 Å². The van der Waals surface area contributed by atoms with Gasteiger partial charge < -0.3 is 15.1 Å². The highest BCUT2D eigenvalue weighted by Gasteiger charge is 2.51. The van der Waals surface area contributed by atoms with Gasteiger partial charge in [-0.25, -0.2) is 4.79 Å². The number of nitrogens with one attached hydrogen (secondary N) is 2. The van der Waals surface area contributed by atoms with Crippen LogP contribution in [-0.2, 0) is 21.3 Å². The van der Waals surface area contributed by atoms with Crippen molar-refractivity contribution in [3.63, 3.8) is 0 Å². The number of anilines is 1. The molecule has 4 amide bonds. The summed E-state index contributed by atoms with van der Waals surface area (Å²) < 4.78 is 44.9. The summed E-state index contributed by atoms with van der Waals surface area (Å²) in [6.45, 7) is 2.29. The van der Waals surface area contributed by atoms with Crippen molar-refractivity contribution in [2.24, 2.45) is 0 Å². The number of alkyl halides is 3. The first kappa shape index (κ1) is 20.7. The third-order valence-electron chi connectivity index (χ3n) is 4.37. The molecule has 1 unspecified atom stereocenters. The molecule has 0 saturated carbocycles. The quantitative estimate of drug-likeness (QED) is 0.725. The molecule has 1 aliphatic rings. The highest BCUT2D eigenvalue weighted by Crippen LogP contribution is 2.36. The number of nitrogens with zero attached hydrogens (tertiary/aromatic N) is 1. The number of halogens is 4. The maximum Gasteiger partial charge on any atom is 0.418 e. The lowest BCUT2D eigenvalue weighted by Gasteiger charge is -2.19. The van der Waals surface area contributed by atoms with Crippen LogP contribution in [0.5, 0.6) is 0 Å². The molecular formula is C18H15ClF3N3O4. The Balaban J connectivity index is 1.78. The van der Waals surface area contributed by atoms with E-state index in [-0.39, 0.29) is 10.8 Å². The fourth-order valence-corrected chi connectivity index (χ4v) is 3.08. The molecule has 2 heterocycles. The summed E-state index contributed by atoms with van der Waals surface area (Å²) >= 11 is 5.60. The molecule has 2 N–H and O–H groups in total. The molecule has 29 heavy (non-hydrogen) atoms. The molecule has 1 fully saturated rings. The largest absolute Gasteiger partial charge is 0.463 e. The second kappa shape index (κ2) is 7.11. The Morgan fingerprint density at radius 3 is 2.55 bits per heavy atom. The minimum absolute atomic E-state index is 0.158. The summed E-state index contributed by atoms with van der Waals surface area (Å²) in [5.41, 5.74) is -3.21. The van der Waals surface area contributed by atoms with Crippen molar-refractivity contribution >= 4 is 35.1 Å². The van der Waals surface area contributed by atoms with Crippen LogP contribution in [0.2, 0.25) is 5.02 Å². The van der Waals surface area contributed by atoms with E-state index in [0.717, 1.165) is 6.07 Å². The van der Waals surface area contributed by atoms with Gasteiger partial charge in [0.2, 0.25) is 5.91 Å². The average molecular weight is 430 g/mol. The number of urea groups is 1. The van der Waals surface area contributed by atoms with Crippen molar-refractivity contribution in [2.45, 2.75) is 25.6 Å². The number of furan rings is 1. The number of hydrogen-bond acceptors (Lipinski definition) is 4. The van der Waals surface area contributed by atoms with Crippen LogP contribution in [-0.4, -0.2) is 29.3 Å². The predicted molar refractivity (Wildman–Crippen MR) is 96.1 cm³/mol. The van der Waals surface area contributed by atoms with E-state index in [1.54, 1.807) is 13.0 Å². The average Bonchev–Trinajstić information content (AvgIpc) is 3.14. The summed E-state index contributed by atoms with van der Waals surface area (Å²) in [5, 5.41) is 4.35. The maximum atomic E-state index is 13.2. The monoisotopic (exact) mass is 429 g/mol. The van der Waals surface area contributed by atoms with Crippen LogP contribution in [0.3, 0.4) is 0 Å². The van der Waals surface area contributed by atoms with Crippen molar-refractivity contribution < 1.29 is 32.0 Å². The third-order valence-corrected chi connectivity index (χ3v) is 4.61. The third kappa shape index (κ3) is 3.93. The SMILES string of the molecule is Cc1ccc(C2(C)NC(=O)N(CC(=O)Nc3ccc(Cl)cc3C(F)(F)F)C2=O)o1. The second-order valence-electron chi connectivity index (χ2n) is 6.59. The summed E-state index contributed by atoms with van der Waals surface area (Å²) in [6.07, 6.45) is -4.76. The Morgan fingerprint density at radius 2 is 1.97 bits per heavy atom. The molecule has 0 bridgehead atoms. The van der Waals surface area contributed by atoms with E-state index in [4.69, 9.17) is 16.0 Å². The van der Waals surface area contributed by atoms with Crippen LogP contribution in [0.1, 0.15) is 24.0 Å². The van der Waals surface area contributed by atoms with Gasteiger partial charge in [0.15, 0.2) is 5.54 Å². The van der Waals surface area contributed by atoms with E-state index in [2.05, 4.69) is 10.6 Å². The number of aryl methyl sites for hydroxylation is 1. The number of hydrogen-bond donors (Lipinski definition) is 2. The summed E-state index contributed by atoms with van der Waals surface area (Å²) in [4.78, 5) is 37.8. The van der Waals surface area contributed by atoms with Gasteiger partial charge in [-0.15, -0.1) is 0 Å². The second-order valence-corrected chi connectivity index (χ2v) is 7.03. The summed E-state index contributed by atoms with van der Waals surface area (Å²) in [5.74, 6) is -1.06. The molecule has 2 aromatic rings. The van der Waals surface area contributed by atoms with Crippen LogP contribution in [0, 0.1) is 6.92 Å². The number of carbonyl (C=O) groups is 3. The van der Waals surface area contributed by atoms with Gasteiger partial charge in [0.1, 0.15) is 18.1 Å². The van der Waals surface area contributed by atoms with Crippen molar-refractivity contribution in [1.82, 2.24) is 10.2 Å². The predicted octanol–water partition coefficient (Wildman–Crippen LogP) is 3.67. The Morgan fingerprint density at radius 1 is 1.28 bits per heavy atom. The van der Waals surface area contributed by atoms with E-state index in [9.17, 15) is 27.6 Å². The van der Waals surface area contributed by atoms with Crippen LogP contribution in [0.15, 0.2) is 34.7 Å². The van der Waals surface area contributed by atoms with Gasteiger partial charge in [0.05, 0.1) is 11.3 Å². The number of rotatable bonds is 4. The summed E-state index contributed by atoms with van der Waals surface area (Å²) in [6, 6.07) is 5.09. The molecule has 7 nitrogen and oxygen atoms in total. The van der Waals surface area contributed by atoms with Crippen LogP contribution in [0.4, 0.5) is 23.7 Å². The zero-order valence-corrected chi connectivity index (χ0v) is 15.9. The molecule has 0 spiro atoms. The number of benzene rings is 1. The first-order valence-electron chi connectivity index (χ1n) is 8.29. The topological polar surface area (TPSA) is 91.7 Å². The highest BCUT2D eigenvalue weighted by atomic mass is 35.5. The first-order chi connectivity index (χ1) is 13.4. The van der Waals surface area contributed by atoms with Crippen molar-refractivity contribution in [3.8, 4) is 0 Å². The minimum Gasteiger partial charge on any atom is -0.463 e. The Hall–Kier alpha value is -3.01. The molecule has 1 aromatic heterocycles. The smallest absolute Gasteiger partial charge is 0.418 e. The van der Waals surface area contributed by atoms with Gasteiger partial charge >= 0.3 is 12.2 Å². The molecule has 0 radical (unpaired) electrons. The van der Waals surface area contributed by atoms with E-state index in [0.29, 0.717) is 16.7 Å². The molecule has 1 atom stereocenters. The van der Waals surface area contributed by atoms with Crippen molar-refractivity contribution in [3.05, 3.63) is 52.4 Å². The van der Waals surface area contributed by atoms with E-state index >= 15 is 0 Å². The normalized spacial score (nSPS) is 19.4. The zero-order chi connectivity index (χ0) is 21.6. The van der Waals surface area contributed by atoms with Gasteiger partial charge in [-0.1, -0.05) is 11.6 Å². The Labute approximate surface area is 167 Å². The molecule has 1 saturated heterocycles. The molecule has 11 heteroatoms. The molecule has 154 valence electrons. The van der Waals surface area contributed by atoms with Crippen LogP contribution < -0.4 is 10.6 Å². The number of amides is 4. The van der Waals surface area contributed by atoms with Crippen LogP contribution >= 0.6 is 11.6 Å². The van der Waals surface area contributed by atoms with E-state index in [1.165, 1.54) is 19.1 Å². The van der Waals surface area contributed by atoms with Crippen LogP contribution in [0.25, 0.3) is 0 Å². The summed E-state index contributed by atoms with van der Waals surface area (Å²) in [7, 11) is 0. The fourth-order valence-electron chi connectivity index (χ4n) is 2.90. The fraction of sp³-hybridized carbons (Fsp3) is 0.278. The molecule has 3 rings (SSSR count). The Kier molecular flexibility index (Phi) is 5.08. The van der Waals surface area contributed by atoms with Gasteiger partial charge in [-0.3, -0.25) is 14.5 Å². The molecular weight excluding hydrogens is 415 g/mol. The van der Waals surface area contributed by atoms with E-state index < -0.39 is 47.4 Å². The lowest BCUT2D eigenvalue weighted by molar-refractivity contribution is -0.137. The zero-order valence-electron chi connectivity index (χ0n) is 15.2. The highest BCUT2D eigenvalue weighted by molar-refractivity contribution is 6.30. The van der Waals surface area contributed by atoms with Gasteiger partial charge in [0.25, 0.3) is 5.91 Å². The number of carbonyl (C=O) groups excluding carboxylic acids is 3. The standard InChI is InChI=1S/C18H15ClF3N3O4/c1-9-3-6-13(29-9)17(2)15(27)25(16(28)24-17)8-14(26)23-12-5-4-10(19)7-11(12)18(20,21)22/h3-7H,8H2,1-2H3,(H,23,26)(H,24,28). The molecule has 1 aromatic carbocycles. The lowest BCUT2D eigenvalue weighted by Crippen LogP contribution is -2.42. The molecule has 0 aliphatic carbocycles. The molecule has 1 aliphatic heterocycles. The minimum atomic E-state index is -4.76. The van der Waals surface area contributed by atoms with E-state index in [1.807, 2.05) is 0 Å². The van der Waals surface area contributed by atoms with Crippen molar-refractivity contribution in [1.29, 1.82) is 0 Å². The number of imide groups is 1. The van der Waals surface area contributed by atoms with Crippen molar-refractivity contribution in [2.75, 3.05) is 11.9 Å². The van der Waals surface area contributed by atoms with Gasteiger partial charge in [-0.2, -0.15) is 13.2 Å². The first-order valence-corrected chi connectivity index (χ1v) is 8.67.